The van der Waals surface area contributed by atoms with Gasteiger partial charge in [-0.3, -0.25) is 4.79 Å². The normalized spacial score (nSPS) is 20.9. The SMILES string of the molecule is C=CC(=O)N(Cc1cc(F)cc(C(F)(F)F)c1)CC1(O)CCOC1. The van der Waals surface area contributed by atoms with Gasteiger partial charge in [0.05, 0.1) is 18.7 Å². The van der Waals surface area contributed by atoms with Crippen molar-refractivity contribution in [1.29, 1.82) is 0 Å². The number of carbonyl (C=O) groups is 1. The predicted octanol–water partition coefficient (Wildman–Crippen LogP) is 2.51. The Morgan fingerprint density at radius 1 is 1.42 bits per heavy atom. The number of halogens is 4. The summed E-state index contributed by atoms with van der Waals surface area (Å²) < 4.78 is 56.9. The van der Waals surface area contributed by atoms with E-state index in [0.29, 0.717) is 19.1 Å². The fraction of sp³-hybridized carbons (Fsp3) is 0.438. The standard InChI is InChI=1S/C16H17F4NO3/c1-2-14(22)21(9-15(23)3-4-24-10-15)8-11-5-12(16(18,19)20)7-13(17)6-11/h2,5-7,23H,1,3-4,8-10H2. The fourth-order valence-corrected chi connectivity index (χ4v) is 2.54. The maximum atomic E-state index is 13.5. The Bertz CT molecular complexity index is 624. The van der Waals surface area contributed by atoms with E-state index < -0.39 is 29.1 Å². The summed E-state index contributed by atoms with van der Waals surface area (Å²) >= 11 is 0. The third-order valence-corrected chi connectivity index (χ3v) is 3.71. The lowest BCUT2D eigenvalue weighted by atomic mass is 10.0. The van der Waals surface area contributed by atoms with Crippen molar-refractivity contribution in [3.05, 3.63) is 47.8 Å². The van der Waals surface area contributed by atoms with Gasteiger partial charge in [0, 0.05) is 19.6 Å². The van der Waals surface area contributed by atoms with E-state index in [1.807, 2.05) is 0 Å². The molecule has 1 N–H and O–H groups in total. The van der Waals surface area contributed by atoms with Crippen LogP contribution in [0.25, 0.3) is 0 Å². The van der Waals surface area contributed by atoms with Crippen molar-refractivity contribution >= 4 is 5.91 Å². The van der Waals surface area contributed by atoms with Crippen molar-refractivity contribution in [3.8, 4) is 0 Å². The molecule has 1 unspecified atom stereocenters. The molecule has 0 bridgehead atoms. The van der Waals surface area contributed by atoms with Crippen molar-refractivity contribution in [2.75, 3.05) is 19.8 Å². The molecule has 2 rings (SSSR count). The molecule has 1 heterocycles. The van der Waals surface area contributed by atoms with Crippen LogP contribution in [0.4, 0.5) is 17.6 Å². The smallest absolute Gasteiger partial charge is 0.386 e. The van der Waals surface area contributed by atoms with Gasteiger partial charge in [0.1, 0.15) is 11.4 Å². The highest BCUT2D eigenvalue weighted by Crippen LogP contribution is 2.31. The van der Waals surface area contributed by atoms with Gasteiger partial charge in [0.25, 0.3) is 0 Å². The molecule has 0 radical (unpaired) electrons. The third kappa shape index (κ3) is 4.55. The summed E-state index contributed by atoms with van der Waals surface area (Å²) in [4.78, 5) is 13.1. The molecule has 1 amide bonds. The van der Waals surface area contributed by atoms with Gasteiger partial charge < -0.3 is 14.7 Å². The first-order valence-electron chi connectivity index (χ1n) is 7.21. The van der Waals surface area contributed by atoms with Crippen LogP contribution in [0.2, 0.25) is 0 Å². The van der Waals surface area contributed by atoms with E-state index in [2.05, 4.69) is 6.58 Å². The van der Waals surface area contributed by atoms with Crippen LogP contribution in [-0.4, -0.2) is 41.3 Å². The first kappa shape index (κ1) is 18.4. The Balaban J connectivity index is 2.24. The van der Waals surface area contributed by atoms with Crippen molar-refractivity contribution in [2.24, 2.45) is 0 Å². The summed E-state index contributed by atoms with van der Waals surface area (Å²) in [7, 11) is 0. The highest BCUT2D eigenvalue weighted by molar-refractivity contribution is 5.87. The van der Waals surface area contributed by atoms with Gasteiger partial charge in [-0.15, -0.1) is 0 Å². The summed E-state index contributed by atoms with van der Waals surface area (Å²) in [5, 5.41) is 10.3. The number of benzene rings is 1. The lowest BCUT2D eigenvalue weighted by Crippen LogP contribution is -2.45. The molecule has 1 fully saturated rings. The summed E-state index contributed by atoms with van der Waals surface area (Å²) in [6, 6.07) is 2.09. The molecule has 1 aromatic carbocycles. The molecule has 1 aliphatic rings. The second kappa shape index (κ2) is 6.90. The Morgan fingerprint density at radius 2 is 2.12 bits per heavy atom. The molecule has 1 aliphatic heterocycles. The number of carbonyl (C=O) groups excluding carboxylic acids is 1. The largest absolute Gasteiger partial charge is 0.416 e. The maximum Gasteiger partial charge on any atom is 0.416 e. The molecule has 4 nitrogen and oxygen atoms in total. The first-order valence-corrected chi connectivity index (χ1v) is 7.21. The zero-order valence-corrected chi connectivity index (χ0v) is 12.8. The molecule has 0 aromatic heterocycles. The van der Waals surface area contributed by atoms with Crippen LogP contribution in [0.5, 0.6) is 0 Å². The molecule has 1 atom stereocenters. The van der Waals surface area contributed by atoms with Crippen LogP contribution in [0.1, 0.15) is 17.5 Å². The molecule has 0 spiro atoms. The summed E-state index contributed by atoms with van der Waals surface area (Å²) in [5.41, 5.74) is -2.44. The van der Waals surface area contributed by atoms with E-state index >= 15 is 0 Å². The van der Waals surface area contributed by atoms with E-state index in [4.69, 9.17) is 4.74 Å². The maximum absolute atomic E-state index is 13.5. The number of nitrogens with zero attached hydrogens (tertiary/aromatic N) is 1. The quantitative estimate of drug-likeness (QED) is 0.658. The topological polar surface area (TPSA) is 49.8 Å². The van der Waals surface area contributed by atoms with Gasteiger partial charge in [-0.05, 0) is 29.8 Å². The highest BCUT2D eigenvalue weighted by Gasteiger charge is 2.36. The minimum Gasteiger partial charge on any atom is -0.386 e. The molecule has 1 aromatic rings. The second-order valence-electron chi connectivity index (χ2n) is 5.77. The van der Waals surface area contributed by atoms with Crippen LogP contribution in [0, 0.1) is 5.82 Å². The van der Waals surface area contributed by atoms with Crippen molar-refractivity contribution < 1.29 is 32.2 Å². The molecule has 0 aliphatic carbocycles. The van der Waals surface area contributed by atoms with Gasteiger partial charge >= 0.3 is 6.18 Å². The fourth-order valence-electron chi connectivity index (χ4n) is 2.54. The first-order chi connectivity index (χ1) is 11.1. The van der Waals surface area contributed by atoms with Gasteiger partial charge in [0.15, 0.2) is 0 Å². The van der Waals surface area contributed by atoms with Crippen LogP contribution >= 0.6 is 0 Å². The minimum atomic E-state index is -4.69. The molecular formula is C16H17F4NO3. The predicted molar refractivity (Wildman–Crippen MR) is 77.4 cm³/mol. The average molecular weight is 347 g/mol. The Labute approximate surface area is 136 Å². The average Bonchev–Trinajstić information content (AvgIpc) is 2.91. The van der Waals surface area contributed by atoms with Gasteiger partial charge in [-0.25, -0.2) is 4.39 Å². The van der Waals surface area contributed by atoms with Crippen LogP contribution < -0.4 is 0 Å². The number of hydrogen-bond acceptors (Lipinski definition) is 3. The number of rotatable bonds is 5. The monoisotopic (exact) mass is 347 g/mol. The Kier molecular flexibility index (Phi) is 5.29. The van der Waals surface area contributed by atoms with Crippen molar-refractivity contribution in [2.45, 2.75) is 24.7 Å². The Morgan fingerprint density at radius 3 is 2.67 bits per heavy atom. The number of alkyl halides is 3. The molecule has 8 heteroatoms. The van der Waals surface area contributed by atoms with Crippen molar-refractivity contribution in [3.63, 3.8) is 0 Å². The minimum absolute atomic E-state index is 0.0187. The number of amides is 1. The van der Waals surface area contributed by atoms with Crippen LogP contribution in [-0.2, 0) is 22.3 Å². The molecule has 1 saturated heterocycles. The second-order valence-corrected chi connectivity index (χ2v) is 5.77. The summed E-state index contributed by atoms with van der Waals surface area (Å²) in [6.45, 7) is 3.25. The molecular weight excluding hydrogens is 330 g/mol. The zero-order valence-electron chi connectivity index (χ0n) is 12.8. The Hall–Kier alpha value is -1.93. The van der Waals surface area contributed by atoms with Gasteiger partial charge in [0.2, 0.25) is 5.91 Å². The van der Waals surface area contributed by atoms with E-state index in [0.717, 1.165) is 23.1 Å². The van der Waals surface area contributed by atoms with Gasteiger partial charge in [-0.1, -0.05) is 6.58 Å². The van der Waals surface area contributed by atoms with E-state index in [-0.39, 0.29) is 25.3 Å². The number of aliphatic hydroxyl groups is 1. The van der Waals surface area contributed by atoms with Crippen LogP contribution in [0.15, 0.2) is 30.9 Å². The highest BCUT2D eigenvalue weighted by atomic mass is 19.4. The lowest BCUT2D eigenvalue weighted by Gasteiger charge is -2.30. The number of hydrogen-bond donors (Lipinski definition) is 1. The lowest BCUT2D eigenvalue weighted by molar-refractivity contribution is -0.137. The van der Waals surface area contributed by atoms with E-state index in [1.165, 1.54) is 0 Å². The van der Waals surface area contributed by atoms with E-state index in [9.17, 15) is 27.5 Å². The molecule has 132 valence electrons. The summed E-state index contributed by atoms with van der Waals surface area (Å²) in [6.07, 6.45) is -3.41. The summed E-state index contributed by atoms with van der Waals surface area (Å²) in [5.74, 6) is -1.62. The molecule has 24 heavy (non-hydrogen) atoms. The van der Waals surface area contributed by atoms with Gasteiger partial charge in [-0.2, -0.15) is 13.2 Å². The van der Waals surface area contributed by atoms with Crippen molar-refractivity contribution in [1.82, 2.24) is 4.90 Å². The van der Waals surface area contributed by atoms with E-state index in [1.54, 1.807) is 0 Å². The van der Waals surface area contributed by atoms with Crippen LogP contribution in [0.3, 0.4) is 0 Å². The third-order valence-electron chi connectivity index (χ3n) is 3.71. The molecule has 0 saturated carbocycles. The zero-order chi connectivity index (χ0) is 18.0. The number of ether oxygens (including phenoxy) is 1.